The molecular weight excluding hydrogens is 395 g/mol. The molecule has 0 fully saturated rings. The van der Waals surface area contributed by atoms with E-state index in [1.54, 1.807) is 24.4 Å². The van der Waals surface area contributed by atoms with Crippen LogP contribution in [0.15, 0.2) is 77.9 Å². The van der Waals surface area contributed by atoms with Crippen LogP contribution in [0.4, 0.5) is 4.39 Å². The molecule has 6 nitrogen and oxygen atoms in total. The number of hydrogen-bond donors (Lipinski definition) is 3. The van der Waals surface area contributed by atoms with Gasteiger partial charge in [-0.15, -0.1) is 0 Å². The number of nitrogens with zero attached hydrogens (tertiary/aromatic N) is 2. The van der Waals surface area contributed by atoms with Crippen molar-refractivity contribution < 1.29 is 14.2 Å². The van der Waals surface area contributed by atoms with Gasteiger partial charge in [0.15, 0.2) is 5.96 Å². The first kappa shape index (κ1) is 22.2. The summed E-state index contributed by atoms with van der Waals surface area (Å²) in [4.78, 5) is 8.85. The first-order valence-electron chi connectivity index (χ1n) is 10.3. The summed E-state index contributed by atoms with van der Waals surface area (Å²) in [5.74, 6) is 1.02. The van der Waals surface area contributed by atoms with Crippen LogP contribution < -0.4 is 15.4 Å². The second-order valence-corrected chi connectivity index (χ2v) is 6.86. The molecule has 0 radical (unpaired) electrons. The molecule has 3 N–H and O–H groups in total. The molecule has 1 unspecified atom stereocenters. The molecule has 1 heterocycles. The summed E-state index contributed by atoms with van der Waals surface area (Å²) in [5.41, 5.74) is 1.66. The minimum Gasteiger partial charge on any atom is -0.439 e. The third-order valence-electron chi connectivity index (χ3n) is 4.51. The largest absolute Gasteiger partial charge is 0.439 e. The Morgan fingerprint density at radius 3 is 2.71 bits per heavy atom. The lowest BCUT2D eigenvalue weighted by Gasteiger charge is -2.15. The molecule has 0 amide bonds. The topological polar surface area (TPSA) is 78.8 Å². The average molecular weight is 423 g/mol. The highest BCUT2D eigenvalue weighted by molar-refractivity contribution is 5.79. The number of guanidine groups is 1. The van der Waals surface area contributed by atoms with Gasteiger partial charge >= 0.3 is 0 Å². The van der Waals surface area contributed by atoms with Gasteiger partial charge in [0.05, 0.1) is 12.6 Å². The molecule has 1 atom stereocenters. The van der Waals surface area contributed by atoms with E-state index in [2.05, 4.69) is 20.6 Å². The number of aromatic nitrogens is 1. The zero-order valence-corrected chi connectivity index (χ0v) is 17.5. The Morgan fingerprint density at radius 1 is 1.10 bits per heavy atom. The molecule has 0 bridgehead atoms. The second-order valence-electron chi connectivity index (χ2n) is 6.86. The van der Waals surface area contributed by atoms with Gasteiger partial charge in [-0.1, -0.05) is 42.5 Å². The molecule has 1 aromatic heterocycles. The van der Waals surface area contributed by atoms with Gasteiger partial charge in [-0.2, -0.15) is 0 Å². The van der Waals surface area contributed by atoms with Crippen molar-refractivity contribution in [3.8, 4) is 11.6 Å². The average Bonchev–Trinajstić information content (AvgIpc) is 2.79. The normalized spacial score (nSPS) is 12.3. The van der Waals surface area contributed by atoms with E-state index in [0.29, 0.717) is 43.6 Å². The first-order valence-corrected chi connectivity index (χ1v) is 10.3. The highest BCUT2D eigenvalue weighted by Crippen LogP contribution is 2.24. The van der Waals surface area contributed by atoms with E-state index >= 15 is 0 Å². The lowest BCUT2D eigenvalue weighted by atomic mass is 10.1. The van der Waals surface area contributed by atoms with E-state index in [1.807, 2.05) is 43.3 Å². The lowest BCUT2D eigenvalue weighted by Crippen LogP contribution is -2.38. The van der Waals surface area contributed by atoms with Crippen LogP contribution in [0.25, 0.3) is 0 Å². The smallest absolute Gasteiger partial charge is 0.224 e. The molecule has 0 spiro atoms. The Bertz CT molecular complexity index is 982. The van der Waals surface area contributed by atoms with Crippen LogP contribution in [0.3, 0.4) is 0 Å². The Labute approximate surface area is 181 Å². The van der Waals surface area contributed by atoms with Gasteiger partial charge in [0, 0.05) is 30.9 Å². The van der Waals surface area contributed by atoms with Crippen LogP contribution in [0.5, 0.6) is 11.6 Å². The maximum absolute atomic E-state index is 13.4. The van der Waals surface area contributed by atoms with Crippen molar-refractivity contribution in [3.63, 3.8) is 0 Å². The van der Waals surface area contributed by atoms with Crippen LogP contribution in [-0.4, -0.2) is 29.1 Å². The molecule has 0 saturated heterocycles. The maximum Gasteiger partial charge on any atom is 0.224 e. The number of pyridine rings is 1. The lowest BCUT2D eigenvalue weighted by molar-refractivity contribution is 0.168. The number of halogens is 1. The summed E-state index contributed by atoms with van der Waals surface area (Å²) in [6.07, 6.45) is 1.63. The Morgan fingerprint density at radius 2 is 1.94 bits per heavy atom. The molecule has 3 aromatic rings. The van der Waals surface area contributed by atoms with Crippen LogP contribution in [0, 0.1) is 5.82 Å². The highest BCUT2D eigenvalue weighted by Gasteiger charge is 2.09. The van der Waals surface area contributed by atoms with E-state index in [4.69, 9.17) is 4.74 Å². The van der Waals surface area contributed by atoms with Crippen LogP contribution in [0.1, 0.15) is 30.6 Å². The fourth-order valence-electron chi connectivity index (χ4n) is 2.95. The maximum atomic E-state index is 13.4. The van der Waals surface area contributed by atoms with Crippen molar-refractivity contribution in [3.05, 3.63) is 89.9 Å². The summed E-state index contributed by atoms with van der Waals surface area (Å²) in [5, 5.41) is 16.7. The molecule has 162 valence electrons. The number of ether oxygens (including phenoxy) is 1. The fraction of sp³-hybridized carbons (Fsp3) is 0.250. The molecule has 0 aliphatic heterocycles. The number of aliphatic hydroxyl groups excluding tert-OH is 1. The standard InChI is InChI=1S/C24H27FN4O2/c1-2-26-24(28-15-13-22(30)18-8-4-3-5-9-18)29-17-19-10-7-14-27-23(19)31-21-12-6-11-20(25)16-21/h3-12,14,16,22,30H,2,13,15,17H2,1H3,(H2,26,28,29). The summed E-state index contributed by atoms with van der Waals surface area (Å²) in [6, 6.07) is 19.2. The third-order valence-corrected chi connectivity index (χ3v) is 4.51. The van der Waals surface area contributed by atoms with E-state index in [1.165, 1.54) is 12.1 Å². The number of aliphatic imine (C=N–C) groups is 1. The highest BCUT2D eigenvalue weighted by atomic mass is 19.1. The summed E-state index contributed by atoms with van der Waals surface area (Å²) >= 11 is 0. The van der Waals surface area contributed by atoms with Crippen molar-refractivity contribution in [2.45, 2.75) is 26.0 Å². The monoisotopic (exact) mass is 422 g/mol. The van der Waals surface area contributed by atoms with Crippen LogP contribution >= 0.6 is 0 Å². The van der Waals surface area contributed by atoms with Gasteiger partial charge < -0.3 is 20.5 Å². The molecule has 0 aliphatic carbocycles. The van der Waals surface area contributed by atoms with E-state index in [0.717, 1.165) is 11.1 Å². The van der Waals surface area contributed by atoms with Gasteiger partial charge in [-0.05, 0) is 37.1 Å². The number of nitrogens with one attached hydrogen (secondary N) is 2. The Balaban J connectivity index is 1.61. The Hall–Kier alpha value is -3.45. The molecule has 3 rings (SSSR count). The van der Waals surface area contributed by atoms with Crippen molar-refractivity contribution in [2.75, 3.05) is 13.1 Å². The summed E-state index contributed by atoms with van der Waals surface area (Å²) in [6.45, 7) is 3.57. The number of hydrogen-bond acceptors (Lipinski definition) is 4. The molecule has 31 heavy (non-hydrogen) atoms. The SMILES string of the molecule is CCNC(=NCc1cccnc1Oc1cccc(F)c1)NCCC(O)c1ccccc1. The summed E-state index contributed by atoms with van der Waals surface area (Å²) in [7, 11) is 0. The number of aliphatic hydroxyl groups is 1. The predicted octanol–water partition coefficient (Wildman–Crippen LogP) is 4.19. The van der Waals surface area contributed by atoms with Gasteiger partial charge in [0.1, 0.15) is 11.6 Å². The van der Waals surface area contributed by atoms with Crippen molar-refractivity contribution in [2.24, 2.45) is 4.99 Å². The van der Waals surface area contributed by atoms with Crippen molar-refractivity contribution >= 4 is 5.96 Å². The van der Waals surface area contributed by atoms with Gasteiger partial charge in [0.25, 0.3) is 0 Å². The zero-order chi connectivity index (χ0) is 21.9. The van der Waals surface area contributed by atoms with E-state index in [9.17, 15) is 9.50 Å². The van der Waals surface area contributed by atoms with E-state index < -0.39 is 6.10 Å². The van der Waals surface area contributed by atoms with Crippen LogP contribution in [0.2, 0.25) is 0 Å². The molecule has 0 aliphatic rings. The molecule has 7 heteroatoms. The predicted molar refractivity (Wildman–Crippen MR) is 120 cm³/mol. The fourth-order valence-corrected chi connectivity index (χ4v) is 2.95. The van der Waals surface area contributed by atoms with Gasteiger partial charge in [0.2, 0.25) is 5.88 Å². The molecule has 0 saturated carbocycles. The minimum absolute atomic E-state index is 0.328. The van der Waals surface area contributed by atoms with Gasteiger partial charge in [-0.3, -0.25) is 0 Å². The zero-order valence-electron chi connectivity index (χ0n) is 17.5. The van der Waals surface area contributed by atoms with Crippen LogP contribution in [-0.2, 0) is 6.54 Å². The van der Waals surface area contributed by atoms with Crippen molar-refractivity contribution in [1.29, 1.82) is 0 Å². The quantitative estimate of drug-likeness (QED) is 0.356. The van der Waals surface area contributed by atoms with Crippen molar-refractivity contribution in [1.82, 2.24) is 15.6 Å². The Kier molecular flexibility index (Phi) is 8.37. The molecule has 2 aromatic carbocycles. The third kappa shape index (κ3) is 7.08. The number of rotatable bonds is 9. The van der Waals surface area contributed by atoms with Gasteiger partial charge in [-0.25, -0.2) is 14.4 Å². The summed E-state index contributed by atoms with van der Waals surface area (Å²) < 4.78 is 19.2. The first-order chi connectivity index (χ1) is 15.2. The minimum atomic E-state index is -0.541. The second kappa shape index (κ2) is 11.7. The molecular formula is C24H27FN4O2. The number of benzene rings is 2. The van der Waals surface area contributed by atoms with E-state index in [-0.39, 0.29) is 5.82 Å².